The molecule has 14 nitrogen and oxygen atoms in total. The van der Waals surface area contributed by atoms with Gasteiger partial charge in [-0.05, 0) is 103 Å². The van der Waals surface area contributed by atoms with Gasteiger partial charge in [-0.25, -0.2) is 0 Å². The summed E-state index contributed by atoms with van der Waals surface area (Å²) in [6.45, 7) is 2.70. The molecule has 2 fully saturated rings. The number of aliphatic hydroxyl groups is 8. The summed E-state index contributed by atoms with van der Waals surface area (Å²) < 4.78 is 22.9. The molecule has 0 aromatic carbocycles. The number of ether oxygens (including phenoxy) is 4. The summed E-state index contributed by atoms with van der Waals surface area (Å²) in [5.74, 6) is -0.261. The SMILES string of the molecule is CC/C=C\C/C=C\C/C=C\C/C=C\C/C=C\C/C=C\C/C=C\C/C=C\C/C=C\C/C=C\C/C=C\CCCCCCCC(=O)NC(COC1OC(CO)C(OC2OC(CO)C(O)C(O)C2O)C(O)C1O)C(O)/C=C/CCCCCCCCCCCCCCCCCCCCCCCCCCC. The Labute approximate surface area is 608 Å². The van der Waals surface area contributed by atoms with E-state index in [-0.39, 0.29) is 18.9 Å². The second kappa shape index (κ2) is 68.0. The second-order valence-corrected chi connectivity index (χ2v) is 27.5. The smallest absolute Gasteiger partial charge is 0.220 e. The molecule has 0 aromatic heterocycles. The highest BCUT2D eigenvalue weighted by Gasteiger charge is 2.51. The summed E-state index contributed by atoms with van der Waals surface area (Å²) in [6.07, 6.45) is 86.2. The number of hydrogen-bond donors (Lipinski definition) is 9. The monoisotopic (exact) mass is 1400 g/mol. The Morgan fingerprint density at radius 3 is 1.06 bits per heavy atom. The van der Waals surface area contributed by atoms with E-state index in [0.717, 1.165) is 122 Å². The average Bonchev–Trinajstić information content (AvgIpc) is 0.796. The van der Waals surface area contributed by atoms with Crippen LogP contribution in [0.2, 0.25) is 0 Å². The van der Waals surface area contributed by atoms with Crippen LogP contribution in [0.5, 0.6) is 0 Å². The fourth-order valence-electron chi connectivity index (χ4n) is 12.2. The van der Waals surface area contributed by atoms with E-state index in [1.165, 1.54) is 148 Å². The van der Waals surface area contributed by atoms with Gasteiger partial charge in [0.15, 0.2) is 12.6 Å². The van der Waals surface area contributed by atoms with Crippen LogP contribution in [-0.4, -0.2) is 140 Å². The van der Waals surface area contributed by atoms with E-state index in [1.807, 2.05) is 6.08 Å². The van der Waals surface area contributed by atoms with Gasteiger partial charge in [0.25, 0.3) is 0 Å². The van der Waals surface area contributed by atoms with E-state index in [4.69, 9.17) is 18.9 Å². The molecule has 100 heavy (non-hydrogen) atoms. The third kappa shape index (κ3) is 50.3. The molecule has 9 N–H and O–H groups in total. The minimum absolute atomic E-state index is 0.250. The van der Waals surface area contributed by atoms with E-state index in [0.29, 0.717) is 6.42 Å². The fraction of sp³-hybridized carbons (Fsp3) is 0.709. The molecule has 2 rings (SSSR count). The first kappa shape index (κ1) is 92.0. The number of unbranched alkanes of at least 4 members (excludes halogenated alkanes) is 30. The van der Waals surface area contributed by atoms with Crippen molar-refractivity contribution in [2.75, 3.05) is 19.8 Å². The van der Waals surface area contributed by atoms with Crippen molar-refractivity contribution in [2.24, 2.45) is 0 Å². The first-order valence-electron chi connectivity index (χ1n) is 40.1. The third-order valence-electron chi connectivity index (χ3n) is 18.5. The van der Waals surface area contributed by atoms with Crippen LogP contribution in [0.25, 0.3) is 0 Å². The first-order chi connectivity index (χ1) is 49.1. The minimum Gasteiger partial charge on any atom is -0.394 e. The summed E-state index contributed by atoms with van der Waals surface area (Å²) in [5, 5.41) is 87.7. The summed E-state index contributed by atoms with van der Waals surface area (Å²) in [5.41, 5.74) is 0. The van der Waals surface area contributed by atoms with Gasteiger partial charge >= 0.3 is 0 Å². The van der Waals surface area contributed by atoms with Crippen molar-refractivity contribution in [3.8, 4) is 0 Å². The van der Waals surface area contributed by atoms with E-state index in [2.05, 4.69) is 153 Å². The minimum atomic E-state index is -1.80. The van der Waals surface area contributed by atoms with E-state index in [1.54, 1.807) is 6.08 Å². The van der Waals surface area contributed by atoms with Gasteiger partial charge in [-0.2, -0.15) is 0 Å². The summed E-state index contributed by atoms with van der Waals surface area (Å²) in [4.78, 5) is 13.4. The van der Waals surface area contributed by atoms with Crippen LogP contribution >= 0.6 is 0 Å². The van der Waals surface area contributed by atoms with E-state index >= 15 is 0 Å². The molecule has 0 saturated carbocycles. The van der Waals surface area contributed by atoms with Crippen LogP contribution in [0.3, 0.4) is 0 Å². The van der Waals surface area contributed by atoms with Gasteiger partial charge in [-0.1, -0.05) is 333 Å². The zero-order valence-corrected chi connectivity index (χ0v) is 62.6. The molecule has 1 amide bonds. The Bertz CT molecular complexity index is 2250. The molecule has 14 heteroatoms. The molecule has 0 radical (unpaired) electrons. The highest BCUT2D eigenvalue weighted by molar-refractivity contribution is 5.76. The van der Waals surface area contributed by atoms with Crippen molar-refractivity contribution in [1.82, 2.24) is 5.32 Å². The van der Waals surface area contributed by atoms with Crippen molar-refractivity contribution >= 4 is 5.91 Å². The van der Waals surface area contributed by atoms with Gasteiger partial charge in [0.1, 0.15) is 48.8 Å². The van der Waals surface area contributed by atoms with Crippen LogP contribution in [0, 0.1) is 0 Å². The number of aliphatic hydroxyl groups excluding tert-OH is 8. The predicted octanol–water partition coefficient (Wildman–Crippen LogP) is 18.4. The number of nitrogens with one attached hydrogen (secondary N) is 1. The summed E-state index contributed by atoms with van der Waals surface area (Å²) >= 11 is 0. The molecule has 0 aromatic rings. The third-order valence-corrected chi connectivity index (χ3v) is 18.5. The van der Waals surface area contributed by atoms with Gasteiger partial charge in [-0.15, -0.1) is 0 Å². The predicted molar refractivity (Wildman–Crippen MR) is 414 cm³/mol. The maximum atomic E-state index is 13.4. The molecule has 0 aliphatic carbocycles. The number of carbonyl (C=O) groups is 1. The molecule has 2 aliphatic rings. The molecule has 572 valence electrons. The maximum Gasteiger partial charge on any atom is 0.220 e. The quantitative estimate of drug-likeness (QED) is 0.0204. The fourth-order valence-corrected chi connectivity index (χ4v) is 12.2. The van der Waals surface area contributed by atoms with Crippen LogP contribution in [0.4, 0.5) is 0 Å². The Hall–Kier alpha value is -4.13. The Kier molecular flexibility index (Phi) is 62.5. The van der Waals surface area contributed by atoms with Crippen LogP contribution in [0.1, 0.15) is 296 Å². The van der Waals surface area contributed by atoms with Crippen molar-refractivity contribution in [1.29, 1.82) is 0 Å². The summed E-state index contributed by atoms with van der Waals surface area (Å²) in [7, 11) is 0. The average molecular weight is 1400 g/mol. The second-order valence-electron chi connectivity index (χ2n) is 27.5. The Morgan fingerprint density at radius 2 is 0.690 bits per heavy atom. The molecular weight excluding hydrogens is 1250 g/mol. The lowest BCUT2D eigenvalue weighted by Gasteiger charge is -2.46. The van der Waals surface area contributed by atoms with Gasteiger partial charge < -0.3 is 65.1 Å². The first-order valence-corrected chi connectivity index (χ1v) is 40.1. The number of amides is 1. The van der Waals surface area contributed by atoms with Gasteiger partial charge in [0.05, 0.1) is 32.0 Å². The van der Waals surface area contributed by atoms with Crippen LogP contribution in [0.15, 0.2) is 146 Å². The lowest BCUT2D eigenvalue weighted by atomic mass is 9.97. The molecule has 2 saturated heterocycles. The lowest BCUT2D eigenvalue weighted by molar-refractivity contribution is -0.359. The number of allylic oxidation sites excluding steroid dienone is 23. The molecular formula is C86H145NO13. The summed E-state index contributed by atoms with van der Waals surface area (Å²) in [6, 6.07) is -0.938. The van der Waals surface area contributed by atoms with Crippen molar-refractivity contribution in [2.45, 2.75) is 370 Å². The largest absolute Gasteiger partial charge is 0.394 e. The van der Waals surface area contributed by atoms with Gasteiger partial charge in [0.2, 0.25) is 5.91 Å². The number of hydrogen-bond acceptors (Lipinski definition) is 13. The molecule has 2 aliphatic heterocycles. The maximum absolute atomic E-state index is 13.4. The normalized spacial score (nSPS) is 22.7. The molecule has 0 spiro atoms. The van der Waals surface area contributed by atoms with Crippen molar-refractivity contribution in [3.63, 3.8) is 0 Å². The molecule has 2 heterocycles. The lowest BCUT2D eigenvalue weighted by Crippen LogP contribution is -2.65. The van der Waals surface area contributed by atoms with Crippen LogP contribution < -0.4 is 5.32 Å². The zero-order chi connectivity index (χ0) is 72.2. The van der Waals surface area contributed by atoms with Crippen molar-refractivity contribution in [3.05, 3.63) is 146 Å². The highest BCUT2D eigenvalue weighted by Crippen LogP contribution is 2.30. The molecule has 12 atom stereocenters. The van der Waals surface area contributed by atoms with Gasteiger partial charge in [-0.3, -0.25) is 4.79 Å². The Balaban J connectivity index is 1.65. The van der Waals surface area contributed by atoms with Gasteiger partial charge in [0, 0.05) is 6.42 Å². The molecule has 0 bridgehead atoms. The Morgan fingerprint density at radius 1 is 0.370 bits per heavy atom. The zero-order valence-electron chi connectivity index (χ0n) is 62.6. The van der Waals surface area contributed by atoms with E-state index < -0.39 is 86.8 Å². The highest BCUT2D eigenvalue weighted by atomic mass is 16.7. The van der Waals surface area contributed by atoms with Crippen molar-refractivity contribution < 1.29 is 64.6 Å². The van der Waals surface area contributed by atoms with Crippen LogP contribution in [-0.2, 0) is 23.7 Å². The topological polar surface area (TPSA) is 228 Å². The number of carbonyl (C=O) groups excluding carboxylic acids is 1. The number of rotatable bonds is 65. The standard InChI is InChI=1S/C86H145NO13/c1-3-5-7-9-11-13-15-17-19-21-23-25-27-29-31-32-33-34-35-36-37-38-39-40-41-42-44-46-48-50-52-54-56-58-60-62-64-66-68-70-78(91)87-74(73-97-85-83(96)81(94)84(77(72-89)99-85)100-86-82(95)80(93)79(92)76(71-88)98-86)75(90)69-67-65-63-61-59-57-55-53-51-49-47-45-43-30-28-26-24-22-20-18-16-14-12-10-8-6-4-2/h5,7,11,13,17,19,23,25,29,31,33-34,36-37,39-40,42,44,48,50,54,56,67,69,74-77,79-86,88-90,92-96H,3-4,6,8-10,12,14-16,18,20-22,24,26-28,30,32,35,38,41,43,45-47,49,51-53,55,57-66,68,70-73H2,1-2H3,(H,87,91)/b7-5-,13-11-,19-17-,25-23-,31-29-,34-33-,37-36-,40-39-,44-42-,50-48-,56-54-,69-67+. The van der Waals surface area contributed by atoms with E-state index in [9.17, 15) is 45.6 Å². The molecule has 12 unspecified atom stereocenters.